The quantitative estimate of drug-likeness (QED) is 0.0992. The number of rotatable bonds is 9. The first kappa shape index (κ1) is 39.0. The maximum absolute atomic E-state index is 14.0. The Morgan fingerprint density at radius 3 is 1.87 bits per heavy atom. The van der Waals surface area contributed by atoms with Crippen LogP contribution in [0.25, 0.3) is 22.3 Å². The van der Waals surface area contributed by atoms with Gasteiger partial charge in [-0.2, -0.15) is 0 Å². The molecule has 0 saturated carbocycles. The van der Waals surface area contributed by atoms with Crippen molar-refractivity contribution in [3.63, 3.8) is 0 Å². The van der Waals surface area contributed by atoms with Gasteiger partial charge in [0.2, 0.25) is 23.8 Å². The smallest absolute Gasteiger partial charge is 0.239 e. The predicted octanol–water partition coefficient (Wildman–Crippen LogP) is -3.92. The van der Waals surface area contributed by atoms with Crippen molar-refractivity contribution in [3.8, 4) is 34.3 Å². The molecule has 15 atom stereocenters. The highest BCUT2D eigenvalue weighted by Crippen LogP contribution is 2.39. The van der Waals surface area contributed by atoms with E-state index in [-0.39, 0.29) is 28.4 Å². The van der Waals surface area contributed by atoms with Crippen molar-refractivity contribution < 1.29 is 94.1 Å². The first-order chi connectivity index (χ1) is 25.1. The Morgan fingerprint density at radius 2 is 1.23 bits per heavy atom. The lowest BCUT2D eigenvalue weighted by atomic mass is 9.98. The maximum Gasteiger partial charge on any atom is 0.239 e. The summed E-state index contributed by atoms with van der Waals surface area (Å²) in [7, 11) is 0. The highest BCUT2D eigenvalue weighted by molar-refractivity contribution is 5.88. The number of phenols is 2. The average Bonchev–Trinajstić information content (AvgIpc) is 3.13. The van der Waals surface area contributed by atoms with E-state index in [0.29, 0.717) is 0 Å². The third-order valence-electron chi connectivity index (χ3n) is 9.27. The summed E-state index contributed by atoms with van der Waals surface area (Å²) in [6, 6.07) is 7.20. The molecule has 0 aliphatic carbocycles. The minimum absolute atomic E-state index is 0.112. The molecule has 0 bridgehead atoms. The van der Waals surface area contributed by atoms with Crippen molar-refractivity contribution in [3.05, 3.63) is 46.6 Å². The Morgan fingerprint density at radius 1 is 0.660 bits per heavy atom. The highest BCUT2D eigenvalue weighted by Gasteiger charge is 2.48. The van der Waals surface area contributed by atoms with Gasteiger partial charge in [0.25, 0.3) is 0 Å². The molecule has 0 amide bonds. The van der Waals surface area contributed by atoms with Crippen LogP contribution in [0.2, 0.25) is 0 Å². The molecule has 12 N–H and O–H groups in total. The van der Waals surface area contributed by atoms with E-state index in [4.69, 9.17) is 32.8 Å². The van der Waals surface area contributed by atoms with Crippen LogP contribution >= 0.6 is 0 Å². The van der Waals surface area contributed by atoms with E-state index >= 15 is 0 Å². The number of hydrogen-bond acceptors (Lipinski definition) is 20. The van der Waals surface area contributed by atoms with Gasteiger partial charge in [-0.05, 0) is 31.2 Å². The molecule has 3 saturated heterocycles. The van der Waals surface area contributed by atoms with Gasteiger partial charge in [-0.3, -0.25) is 4.79 Å². The fourth-order valence-corrected chi connectivity index (χ4v) is 6.14. The van der Waals surface area contributed by atoms with Crippen LogP contribution in [-0.4, -0.2) is 167 Å². The largest absolute Gasteiger partial charge is 0.508 e. The van der Waals surface area contributed by atoms with Crippen LogP contribution in [0, 0.1) is 0 Å². The molecule has 0 spiro atoms. The van der Waals surface area contributed by atoms with Crippen molar-refractivity contribution in [2.24, 2.45) is 0 Å². The Bertz CT molecular complexity index is 1780. The first-order valence-corrected chi connectivity index (χ1v) is 16.4. The Labute approximate surface area is 298 Å². The molecule has 3 aliphatic heterocycles. The second kappa shape index (κ2) is 15.6. The van der Waals surface area contributed by atoms with E-state index < -0.39 is 128 Å². The molecule has 0 radical (unpaired) electrons. The zero-order valence-corrected chi connectivity index (χ0v) is 27.7. The normalized spacial score (nSPS) is 37.8. The summed E-state index contributed by atoms with van der Waals surface area (Å²) in [5.41, 5.74) is -1.26. The van der Waals surface area contributed by atoms with Crippen LogP contribution in [0.5, 0.6) is 23.0 Å². The molecular formula is C33H40O20. The predicted molar refractivity (Wildman–Crippen MR) is 171 cm³/mol. The van der Waals surface area contributed by atoms with E-state index in [1.807, 2.05) is 0 Å². The summed E-state index contributed by atoms with van der Waals surface area (Å²) in [4.78, 5) is 14.0. The van der Waals surface area contributed by atoms with Gasteiger partial charge in [0, 0.05) is 17.7 Å². The van der Waals surface area contributed by atoms with Gasteiger partial charge >= 0.3 is 0 Å². The summed E-state index contributed by atoms with van der Waals surface area (Å²) in [5.74, 6) is -2.21. The number of aliphatic hydroxyl groups excluding tert-OH is 10. The fraction of sp³-hybridized carbons (Fsp3) is 0.545. The Hall–Kier alpha value is -3.71. The number of aromatic hydroxyl groups is 2. The Balaban J connectivity index is 1.32. The van der Waals surface area contributed by atoms with Crippen LogP contribution < -0.4 is 14.9 Å². The van der Waals surface area contributed by atoms with E-state index in [2.05, 4.69) is 0 Å². The molecule has 20 nitrogen and oxygen atoms in total. The SMILES string of the molecule is CC1O[C@@H](OCC2O[C@@H](Oc3c(-c4ccc(O)cc4)oc4cc(O[C@@H]5OC(CO)[C@@H](O)[C@H](O)C5O)cc(O)c4c3=O)C(O)C(O)[C@H]2O)C(O)[C@@H](O)[C@H]1O. The summed E-state index contributed by atoms with van der Waals surface area (Å²) in [5, 5.41) is 123. The van der Waals surface area contributed by atoms with Gasteiger partial charge in [-0.15, -0.1) is 0 Å². The van der Waals surface area contributed by atoms with E-state index in [0.717, 1.165) is 12.1 Å². The molecule has 20 heteroatoms. The van der Waals surface area contributed by atoms with Gasteiger partial charge in [0.1, 0.15) is 95.4 Å². The van der Waals surface area contributed by atoms with Crippen LogP contribution in [0.4, 0.5) is 0 Å². The number of phenolic OH excluding ortho intramolecular Hbond substituents is 2. The molecule has 292 valence electrons. The van der Waals surface area contributed by atoms with Crippen molar-refractivity contribution in [1.82, 2.24) is 0 Å². The van der Waals surface area contributed by atoms with E-state index in [9.17, 15) is 66.1 Å². The van der Waals surface area contributed by atoms with Crippen LogP contribution in [0.1, 0.15) is 6.92 Å². The number of ether oxygens (including phenoxy) is 6. The van der Waals surface area contributed by atoms with Crippen molar-refractivity contribution in [2.75, 3.05) is 13.2 Å². The maximum atomic E-state index is 14.0. The fourth-order valence-electron chi connectivity index (χ4n) is 6.14. The third-order valence-corrected chi connectivity index (χ3v) is 9.27. The minimum atomic E-state index is -2.00. The first-order valence-electron chi connectivity index (χ1n) is 16.4. The van der Waals surface area contributed by atoms with Gasteiger partial charge in [-0.25, -0.2) is 0 Å². The standard InChI is InChI=1S/C33H40O20/c1-10-19(37)23(41)26(44)31(48-10)47-9-17-21(39)25(43)28(46)33(52-17)53-30-22(40)18-14(36)6-13(49-32-27(45)24(42)20(38)16(8-34)51-32)7-15(18)50-29(30)11-2-4-12(35)5-3-11/h2-7,10,16-17,19-21,23-28,31-39,41-46H,8-9H2,1H3/t10?,16?,17?,19-,20+,21-,23-,24-,25?,26?,27?,28?,31+,32+,33-/m0/s1. The average molecular weight is 757 g/mol. The van der Waals surface area contributed by atoms with Crippen molar-refractivity contribution >= 4 is 11.0 Å². The zero-order valence-electron chi connectivity index (χ0n) is 27.7. The molecule has 53 heavy (non-hydrogen) atoms. The molecule has 2 aromatic carbocycles. The van der Waals surface area contributed by atoms with Gasteiger partial charge < -0.3 is 94.1 Å². The minimum Gasteiger partial charge on any atom is -0.508 e. The molecule has 3 aromatic rings. The zero-order chi connectivity index (χ0) is 38.5. The third kappa shape index (κ3) is 7.52. The molecular weight excluding hydrogens is 716 g/mol. The molecule has 3 fully saturated rings. The summed E-state index contributed by atoms with van der Waals surface area (Å²) in [6.07, 6.45) is -24.7. The lowest BCUT2D eigenvalue weighted by molar-refractivity contribution is -0.318. The van der Waals surface area contributed by atoms with Gasteiger partial charge in [0.05, 0.1) is 19.3 Å². The summed E-state index contributed by atoms with van der Waals surface area (Å²) in [6.45, 7) is 0.0485. The number of hydrogen-bond donors (Lipinski definition) is 12. The van der Waals surface area contributed by atoms with Crippen molar-refractivity contribution in [1.29, 1.82) is 0 Å². The molecule has 4 heterocycles. The summed E-state index contributed by atoms with van der Waals surface area (Å²) < 4.78 is 39.3. The lowest BCUT2D eigenvalue weighted by Gasteiger charge is -2.42. The van der Waals surface area contributed by atoms with Crippen LogP contribution in [0.15, 0.2) is 45.6 Å². The number of fused-ring (bicyclic) bond motifs is 1. The molecule has 3 aliphatic rings. The number of benzene rings is 2. The molecule has 1 aromatic heterocycles. The van der Waals surface area contributed by atoms with Gasteiger partial charge in [0.15, 0.2) is 12.1 Å². The highest BCUT2D eigenvalue weighted by atomic mass is 16.7. The van der Waals surface area contributed by atoms with Crippen LogP contribution in [-0.2, 0) is 18.9 Å². The van der Waals surface area contributed by atoms with Crippen molar-refractivity contribution in [2.45, 2.75) is 99.0 Å². The topological polar surface area (TPSA) is 328 Å². The van der Waals surface area contributed by atoms with E-state index in [1.165, 1.54) is 31.2 Å². The number of aliphatic hydroxyl groups is 10. The molecule has 7 unspecified atom stereocenters. The lowest BCUT2D eigenvalue weighted by Crippen LogP contribution is -2.61. The monoisotopic (exact) mass is 756 g/mol. The van der Waals surface area contributed by atoms with Crippen LogP contribution in [0.3, 0.4) is 0 Å². The van der Waals surface area contributed by atoms with Gasteiger partial charge in [-0.1, -0.05) is 0 Å². The molecule has 6 rings (SSSR count). The summed E-state index contributed by atoms with van der Waals surface area (Å²) >= 11 is 0. The van der Waals surface area contributed by atoms with E-state index in [1.54, 1.807) is 0 Å². The second-order valence-corrected chi connectivity index (χ2v) is 12.9. The second-order valence-electron chi connectivity index (χ2n) is 12.9. The Kier molecular flexibility index (Phi) is 11.5.